The van der Waals surface area contributed by atoms with Gasteiger partial charge in [-0.25, -0.2) is 0 Å². The van der Waals surface area contributed by atoms with Crippen LogP contribution in [0.2, 0.25) is 0 Å². The van der Waals surface area contributed by atoms with Gasteiger partial charge in [0.05, 0.1) is 5.41 Å². The molecule has 2 heteroatoms. The van der Waals surface area contributed by atoms with Crippen LogP contribution in [-0.2, 0) is 5.41 Å². The summed E-state index contributed by atoms with van der Waals surface area (Å²) in [5.74, 6) is 0. The summed E-state index contributed by atoms with van der Waals surface area (Å²) >= 11 is 1.91. The first-order valence-corrected chi connectivity index (χ1v) is 20.5. The average Bonchev–Trinajstić information content (AvgIpc) is 3.91. The van der Waals surface area contributed by atoms with Gasteiger partial charge in [-0.1, -0.05) is 164 Å². The van der Waals surface area contributed by atoms with Crippen molar-refractivity contribution in [3.05, 3.63) is 235 Å². The van der Waals surface area contributed by atoms with E-state index in [0.29, 0.717) is 0 Å². The van der Waals surface area contributed by atoms with Crippen LogP contribution in [0, 0.1) is 0 Å². The third-order valence-corrected chi connectivity index (χ3v) is 13.4. The molecule has 0 radical (unpaired) electrons. The SMILES string of the molecule is c1ccc(-c2ccc(N(c3ccccc3)c3ccc4sc5cc6c(c(-c7ccccc7)c5c4c3)-c3ccccc3C63c4ccccc4-c4ccccc43)cc2)cc1. The molecule has 0 saturated carbocycles. The summed E-state index contributed by atoms with van der Waals surface area (Å²) in [7, 11) is 0. The Morgan fingerprint density at radius 1 is 0.333 bits per heavy atom. The van der Waals surface area contributed by atoms with Crippen molar-refractivity contribution in [3.63, 3.8) is 0 Å². The quantitative estimate of drug-likeness (QED) is 0.170. The van der Waals surface area contributed by atoms with E-state index in [-0.39, 0.29) is 0 Å². The zero-order valence-electron chi connectivity index (χ0n) is 31.1. The number of benzene rings is 9. The van der Waals surface area contributed by atoms with E-state index in [1.807, 2.05) is 11.3 Å². The maximum Gasteiger partial charge on any atom is 0.0726 e. The van der Waals surface area contributed by atoms with E-state index < -0.39 is 5.41 Å². The minimum Gasteiger partial charge on any atom is -0.310 e. The summed E-state index contributed by atoms with van der Waals surface area (Å²) < 4.78 is 2.60. The Bertz CT molecular complexity index is 3120. The summed E-state index contributed by atoms with van der Waals surface area (Å²) in [6.45, 7) is 0. The van der Waals surface area contributed by atoms with E-state index in [9.17, 15) is 0 Å². The lowest BCUT2D eigenvalue weighted by Crippen LogP contribution is -2.25. The third-order valence-electron chi connectivity index (χ3n) is 12.3. The van der Waals surface area contributed by atoms with Gasteiger partial charge >= 0.3 is 0 Å². The van der Waals surface area contributed by atoms with Gasteiger partial charge in [0.15, 0.2) is 0 Å². The first-order valence-electron chi connectivity index (χ1n) is 19.7. The molecule has 9 aromatic carbocycles. The second-order valence-corrected chi connectivity index (χ2v) is 16.3. The Balaban J connectivity index is 1.14. The van der Waals surface area contributed by atoms with Gasteiger partial charge in [0, 0.05) is 37.2 Å². The lowest BCUT2D eigenvalue weighted by Gasteiger charge is -2.30. The highest BCUT2D eigenvalue weighted by molar-refractivity contribution is 7.26. The minimum absolute atomic E-state index is 0.409. The fourth-order valence-electron chi connectivity index (χ4n) is 9.98. The molecule has 2 aliphatic rings. The number of hydrogen-bond acceptors (Lipinski definition) is 2. The Labute approximate surface area is 336 Å². The predicted molar refractivity (Wildman–Crippen MR) is 241 cm³/mol. The summed E-state index contributed by atoms with van der Waals surface area (Å²) in [6, 6.07) is 78.5. The van der Waals surface area contributed by atoms with Crippen LogP contribution in [0.15, 0.2) is 212 Å². The van der Waals surface area contributed by atoms with Crippen LogP contribution in [0.3, 0.4) is 0 Å². The molecule has 0 N–H and O–H groups in total. The first kappa shape index (κ1) is 32.3. The molecule has 57 heavy (non-hydrogen) atoms. The van der Waals surface area contributed by atoms with Gasteiger partial charge in [0.25, 0.3) is 0 Å². The van der Waals surface area contributed by atoms with Crippen LogP contribution < -0.4 is 4.90 Å². The molecule has 0 aliphatic heterocycles. The van der Waals surface area contributed by atoms with Crippen molar-refractivity contribution in [2.24, 2.45) is 0 Å². The molecule has 0 unspecified atom stereocenters. The smallest absolute Gasteiger partial charge is 0.0726 e. The highest BCUT2D eigenvalue weighted by atomic mass is 32.1. The first-order chi connectivity index (χ1) is 28.3. The molecular weight excluding hydrogens is 707 g/mol. The molecule has 0 saturated heterocycles. The lowest BCUT2D eigenvalue weighted by molar-refractivity contribution is 0.795. The van der Waals surface area contributed by atoms with Gasteiger partial charge in [-0.15, -0.1) is 11.3 Å². The molecule has 1 nitrogen and oxygen atoms in total. The standard InChI is InChI=1S/C55H35NS/c1-4-16-36(17-5-1)37-28-30-40(31-29-37)56(39-20-8-3-9-21-39)41-32-33-50-45(34-41)54-51(57-50)35-49-53(52(54)38-18-6-2-7-19-38)44-24-12-15-27-48(44)55(49)46-25-13-10-22-42(46)43-23-11-14-26-47(43)55/h1-35H. The molecular formula is C55H35NS. The Hall–Kier alpha value is -7.00. The third kappa shape index (κ3) is 4.62. The predicted octanol–water partition coefficient (Wildman–Crippen LogP) is 15.2. The number of anilines is 3. The number of rotatable bonds is 5. The van der Waals surface area contributed by atoms with Crippen LogP contribution in [0.5, 0.6) is 0 Å². The van der Waals surface area contributed by atoms with E-state index >= 15 is 0 Å². The van der Waals surface area contributed by atoms with Crippen molar-refractivity contribution in [3.8, 4) is 44.5 Å². The molecule has 266 valence electrons. The molecule has 0 fully saturated rings. The Kier molecular flexibility index (Phi) is 7.08. The van der Waals surface area contributed by atoms with Crippen molar-refractivity contribution in [2.45, 2.75) is 5.41 Å². The monoisotopic (exact) mass is 741 g/mol. The van der Waals surface area contributed by atoms with E-state index in [2.05, 4.69) is 217 Å². The summed E-state index contributed by atoms with van der Waals surface area (Å²) in [4.78, 5) is 2.39. The molecule has 12 rings (SSSR count). The van der Waals surface area contributed by atoms with E-state index in [0.717, 1.165) is 17.1 Å². The second kappa shape index (κ2) is 12.5. The van der Waals surface area contributed by atoms with Crippen molar-refractivity contribution >= 4 is 48.6 Å². The van der Waals surface area contributed by atoms with Crippen molar-refractivity contribution < 1.29 is 0 Å². The lowest BCUT2D eigenvalue weighted by atomic mass is 9.70. The zero-order valence-corrected chi connectivity index (χ0v) is 31.9. The van der Waals surface area contributed by atoms with Crippen LogP contribution in [0.25, 0.3) is 64.7 Å². The maximum absolute atomic E-state index is 2.55. The normalized spacial score (nSPS) is 13.1. The fraction of sp³-hybridized carbons (Fsp3) is 0.0182. The molecule has 10 aromatic rings. The van der Waals surface area contributed by atoms with Crippen molar-refractivity contribution in [1.82, 2.24) is 0 Å². The maximum atomic E-state index is 2.55. The number of nitrogens with zero attached hydrogens (tertiary/aromatic N) is 1. The second-order valence-electron chi connectivity index (χ2n) is 15.2. The van der Waals surface area contributed by atoms with Crippen LogP contribution in [-0.4, -0.2) is 0 Å². The topological polar surface area (TPSA) is 3.24 Å². The van der Waals surface area contributed by atoms with Crippen LogP contribution in [0.4, 0.5) is 17.1 Å². The average molecular weight is 742 g/mol. The molecule has 0 atom stereocenters. The van der Waals surface area contributed by atoms with Gasteiger partial charge < -0.3 is 4.90 Å². The van der Waals surface area contributed by atoms with Gasteiger partial charge in [-0.3, -0.25) is 0 Å². The molecule has 0 bridgehead atoms. The molecule has 1 aromatic heterocycles. The largest absolute Gasteiger partial charge is 0.310 e. The summed E-state index contributed by atoms with van der Waals surface area (Å²) in [5, 5.41) is 2.60. The van der Waals surface area contributed by atoms with Crippen LogP contribution >= 0.6 is 11.3 Å². The van der Waals surface area contributed by atoms with Gasteiger partial charge in [-0.2, -0.15) is 0 Å². The minimum atomic E-state index is -0.409. The van der Waals surface area contributed by atoms with Crippen molar-refractivity contribution in [2.75, 3.05) is 4.90 Å². The van der Waals surface area contributed by atoms with E-state index in [1.54, 1.807) is 0 Å². The summed E-state index contributed by atoms with van der Waals surface area (Å²) in [6.07, 6.45) is 0. The van der Waals surface area contributed by atoms with Gasteiger partial charge in [-0.05, 0) is 115 Å². The highest BCUT2D eigenvalue weighted by Crippen LogP contribution is 2.65. The molecule has 0 amide bonds. The van der Waals surface area contributed by atoms with Crippen molar-refractivity contribution in [1.29, 1.82) is 0 Å². The molecule has 1 spiro atoms. The molecule has 1 heterocycles. The number of hydrogen-bond donors (Lipinski definition) is 0. The summed E-state index contributed by atoms with van der Waals surface area (Å²) in [5.41, 5.74) is 18.8. The van der Waals surface area contributed by atoms with Crippen LogP contribution in [0.1, 0.15) is 22.3 Å². The molecule has 2 aliphatic carbocycles. The Morgan fingerprint density at radius 3 is 1.47 bits per heavy atom. The fourth-order valence-corrected chi connectivity index (χ4v) is 11.1. The Morgan fingerprint density at radius 2 is 0.825 bits per heavy atom. The highest BCUT2D eigenvalue weighted by Gasteiger charge is 2.52. The van der Waals surface area contributed by atoms with Gasteiger partial charge in [0.2, 0.25) is 0 Å². The van der Waals surface area contributed by atoms with E-state index in [1.165, 1.54) is 86.9 Å². The van der Waals surface area contributed by atoms with E-state index in [4.69, 9.17) is 0 Å². The number of thiophene rings is 1. The zero-order chi connectivity index (χ0) is 37.5. The number of fused-ring (bicyclic) bond motifs is 13. The van der Waals surface area contributed by atoms with Gasteiger partial charge in [0.1, 0.15) is 0 Å². The number of para-hydroxylation sites is 1.